The molecular formula is C19H14ClN3O2S2. The zero-order valence-electron chi connectivity index (χ0n) is 14.3. The molecule has 2 aromatic carbocycles. The Hall–Kier alpha value is -2.22. The van der Waals surface area contributed by atoms with E-state index in [0.29, 0.717) is 0 Å². The second kappa shape index (κ2) is 6.74. The number of thiazole rings is 1. The number of rotatable bonds is 4. The lowest BCUT2D eigenvalue weighted by atomic mass is 10.1. The van der Waals surface area contributed by atoms with E-state index in [1.165, 1.54) is 0 Å². The molecule has 27 heavy (non-hydrogen) atoms. The summed E-state index contributed by atoms with van der Waals surface area (Å²) in [7, 11) is 0. The normalized spacial score (nSPS) is 12.8. The summed E-state index contributed by atoms with van der Waals surface area (Å²) in [4.78, 5) is 0.880. The van der Waals surface area contributed by atoms with Crippen LogP contribution in [-0.4, -0.2) is 21.4 Å². The molecule has 0 saturated carbocycles. The summed E-state index contributed by atoms with van der Waals surface area (Å²) in [5, 5.41) is 12.4. The van der Waals surface area contributed by atoms with Crippen LogP contribution in [0.1, 0.15) is 11.1 Å². The van der Waals surface area contributed by atoms with E-state index in [4.69, 9.17) is 21.1 Å². The molecule has 3 heterocycles. The highest BCUT2D eigenvalue weighted by molar-refractivity contribution is 7.98. The monoisotopic (exact) mass is 415 g/mol. The summed E-state index contributed by atoms with van der Waals surface area (Å²) in [6.45, 7) is 2.30. The number of aromatic nitrogens is 3. The van der Waals surface area contributed by atoms with E-state index in [2.05, 4.69) is 32.1 Å². The van der Waals surface area contributed by atoms with Crippen molar-refractivity contribution < 1.29 is 9.47 Å². The first-order chi connectivity index (χ1) is 13.2. The maximum absolute atomic E-state index is 6.18. The Morgan fingerprint density at radius 3 is 2.93 bits per heavy atom. The Labute approximate surface area is 168 Å². The Morgan fingerprint density at radius 1 is 1.15 bits per heavy atom. The van der Waals surface area contributed by atoms with Crippen LogP contribution in [0.15, 0.2) is 46.9 Å². The van der Waals surface area contributed by atoms with Gasteiger partial charge in [0.1, 0.15) is 0 Å². The van der Waals surface area contributed by atoms with Crippen molar-refractivity contribution in [3.05, 3.63) is 57.9 Å². The van der Waals surface area contributed by atoms with Crippen LogP contribution < -0.4 is 9.47 Å². The van der Waals surface area contributed by atoms with Crippen molar-refractivity contribution in [1.29, 1.82) is 0 Å². The maximum Gasteiger partial charge on any atom is 0.231 e. The molecular weight excluding hydrogens is 402 g/mol. The van der Waals surface area contributed by atoms with Crippen LogP contribution in [-0.2, 0) is 5.75 Å². The van der Waals surface area contributed by atoms with Crippen molar-refractivity contribution in [3.63, 3.8) is 0 Å². The number of aryl methyl sites for hydroxylation is 1. The molecule has 0 N–H and O–H groups in total. The third-order valence-electron chi connectivity index (χ3n) is 4.38. The quantitative estimate of drug-likeness (QED) is 0.415. The van der Waals surface area contributed by atoms with Crippen molar-refractivity contribution in [2.45, 2.75) is 17.8 Å². The van der Waals surface area contributed by atoms with E-state index in [1.807, 2.05) is 31.2 Å². The zero-order valence-corrected chi connectivity index (χ0v) is 16.7. The highest BCUT2D eigenvalue weighted by Gasteiger charge is 2.16. The first kappa shape index (κ1) is 16.9. The summed E-state index contributed by atoms with van der Waals surface area (Å²) in [5.74, 6) is 2.37. The summed E-state index contributed by atoms with van der Waals surface area (Å²) in [6, 6.07) is 12.1. The smallest absolute Gasteiger partial charge is 0.231 e. The molecule has 1 aliphatic heterocycles. The summed E-state index contributed by atoms with van der Waals surface area (Å²) < 4.78 is 12.9. The van der Waals surface area contributed by atoms with E-state index >= 15 is 0 Å². The Kier molecular flexibility index (Phi) is 4.22. The molecule has 0 amide bonds. The van der Waals surface area contributed by atoms with Gasteiger partial charge in [-0.05, 0) is 47.9 Å². The SMILES string of the molecule is Cc1cc(-c2csc3nnc(SCc4ccc5c(c4)OCO5)n23)ccc1Cl. The third-order valence-corrected chi connectivity index (χ3v) is 6.62. The van der Waals surface area contributed by atoms with E-state index in [-0.39, 0.29) is 6.79 Å². The van der Waals surface area contributed by atoms with Crippen molar-refractivity contribution in [1.82, 2.24) is 14.6 Å². The fourth-order valence-corrected chi connectivity index (χ4v) is 4.87. The van der Waals surface area contributed by atoms with Gasteiger partial charge in [-0.15, -0.1) is 21.5 Å². The average molecular weight is 416 g/mol. The number of ether oxygens (including phenoxy) is 2. The predicted molar refractivity (Wildman–Crippen MR) is 108 cm³/mol. The number of halogens is 1. The molecule has 0 aliphatic carbocycles. The van der Waals surface area contributed by atoms with Crippen LogP contribution in [0.4, 0.5) is 0 Å². The van der Waals surface area contributed by atoms with Gasteiger partial charge < -0.3 is 9.47 Å². The van der Waals surface area contributed by atoms with E-state index in [9.17, 15) is 0 Å². The lowest BCUT2D eigenvalue weighted by Gasteiger charge is -2.06. The molecule has 0 atom stereocenters. The molecule has 0 unspecified atom stereocenters. The van der Waals surface area contributed by atoms with Gasteiger partial charge in [-0.1, -0.05) is 35.5 Å². The summed E-state index contributed by atoms with van der Waals surface area (Å²) in [6.07, 6.45) is 0. The molecule has 0 spiro atoms. The molecule has 1 aliphatic rings. The number of nitrogens with zero attached hydrogens (tertiary/aromatic N) is 3. The lowest BCUT2D eigenvalue weighted by molar-refractivity contribution is 0.174. The number of hydrogen-bond donors (Lipinski definition) is 0. The standard InChI is InChI=1S/C19H14ClN3O2S2/c1-11-6-13(3-4-14(11)20)15-9-27-19-22-21-18(23(15)19)26-8-12-2-5-16-17(7-12)25-10-24-16/h2-7,9H,8,10H2,1H3. The molecule has 0 bridgehead atoms. The molecule has 0 saturated heterocycles. The third kappa shape index (κ3) is 3.05. The minimum atomic E-state index is 0.287. The second-order valence-electron chi connectivity index (χ2n) is 6.16. The largest absolute Gasteiger partial charge is 0.454 e. The Balaban J connectivity index is 1.45. The molecule has 136 valence electrons. The van der Waals surface area contributed by atoms with Gasteiger partial charge in [0.15, 0.2) is 16.7 Å². The van der Waals surface area contributed by atoms with Crippen molar-refractivity contribution in [2.24, 2.45) is 0 Å². The molecule has 5 rings (SSSR count). The molecule has 8 heteroatoms. The molecule has 2 aromatic heterocycles. The average Bonchev–Trinajstić information content (AvgIpc) is 3.38. The Morgan fingerprint density at radius 2 is 2.04 bits per heavy atom. The number of thioether (sulfide) groups is 1. The minimum absolute atomic E-state index is 0.287. The van der Waals surface area contributed by atoms with Crippen LogP contribution in [0.5, 0.6) is 11.5 Å². The van der Waals surface area contributed by atoms with Gasteiger partial charge in [-0.2, -0.15) is 0 Å². The fourth-order valence-electron chi connectivity index (χ4n) is 2.97. The van der Waals surface area contributed by atoms with Gasteiger partial charge >= 0.3 is 0 Å². The first-order valence-electron chi connectivity index (χ1n) is 8.29. The highest BCUT2D eigenvalue weighted by atomic mass is 35.5. The molecule has 0 fully saturated rings. The van der Waals surface area contributed by atoms with E-state index < -0.39 is 0 Å². The predicted octanol–water partition coefficient (Wildman–Crippen LogP) is 5.44. The first-order valence-corrected chi connectivity index (χ1v) is 10.5. The van der Waals surface area contributed by atoms with Crippen molar-refractivity contribution in [2.75, 3.05) is 6.79 Å². The van der Waals surface area contributed by atoms with E-state index in [0.717, 1.165) is 54.8 Å². The van der Waals surface area contributed by atoms with Crippen molar-refractivity contribution in [3.8, 4) is 22.8 Å². The summed E-state index contributed by atoms with van der Waals surface area (Å²) >= 11 is 9.41. The zero-order chi connectivity index (χ0) is 18.4. The van der Waals surface area contributed by atoms with Crippen LogP contribution in [0.3, 0.4) is 0 Å². The second-order valence-corrected chi connectivity index (χ2v) is 8.35. The van der Waals surface area contributed by atoms with Gasteiger partial charge in [0.2, 0.25) is 11.8 Å². The topological polar surface area (TPSA) is 48.7 Å². The van der Waals surface area contributed by atoms with Crippen molar-refractivity contribution >= 4 is 39.7 Å². The molecule has 4 aromatic rings. The van der Waals surface area contributed by atoms with Crippen LogP contribution in [0, 0.1) is 6.92 Å². The Bertz CT molecular complexity index is 1160. The minimum Gasteiger partial charge on any atom is -0.454 e. The van der Waals surface area contributed by atoms with Gasteiger partial charge in [0.05, 0.1) is 5.69 Å². The summed E-state index contributed by atoms with van der Waals surface area (Å²) in [5.41, 5.74) is 4.39. The molecule has 5 nitrogen and oxygen atoms in total. The number of fused-ring (bicyclic) bond motifs is 2. The van der Waals surface area contributed by atoms with Gasteiger partial charge in [0.25, 0.3) is 0 Å². The molecule has 0 radical (unpaired) electrons. The van der Waals surface area contributed by atoms with Gasteiger partial charge in [0, 0.05) is 16.2 Å². The fraction of sp³-hybridized carbons (Fsp3) is 0.158. The van der Waals surface area contributed by atoms with Crippen LogP contribution in [0.25, 0.3) is 16.2 Å². The number of benzene rings is 2. The lowest BCUT2D eigenvalue weighted by Crippen LogP contribution is -1.93. The highest BCUT2D eigenvalue weighted by Crippen LogP contribution is 2.36. The van der Waals surface area contributed by atoms with Gasteiger partial charge in [-0.25, -0.2) is 0 Å². The number of hydrogen-bond acceptors (Lipinski definition) is 6. The maximum atomic E-state index is 6.18. The van der Waals surface area contributed by atoms with Crippen LogP contribution >= 0.6 is 34.7 Å². The van der Waals surface area contributed by atoms with Crippen LogP contribution in [0.2, 0.25) is 5.02 Å². The van der Waals surface area contributed by atoms with Gasteiger partial charge in [-0.3, -0.25) is 4.40 Å². The van der Waals surface area contributed by atoms with E-state index in [1.54, 1.807) is 23.1 Å².